The Morgan fingerprint density at radius 2 is 1.62 bits per heavy atom. The van der Waals surface area contributed by atoms with Gasteiger partial charge in [-0.15, -0.1) is 0 Å². The second-order valence-corrected chi connectivity index (χ2v) is 7.31. The minimum atomic E-state index is -0.359. The van der Waals surface area contributed by atoms with Crippen molar-refractivity contribution in [3.63, 3.8) is 0 Å². The molecule has 6 heteroatoms. The first-order valence-corrected chi connectivity index (χ1v) is 9.66. The van der Waals surface area contributed by atoms with Gasteiger partial charge in [0.15, 0.2) is 0 Å². The van der Waals surface area contributed by atoms with Gasteiger partial charge in [-0.2, -0.15) is 0 Å². The van der Waals surface area contributed by atoms with Crippen molar-refractivity contribution in [2.24, 2.45) is 0 Å². The Morgan fingerprint density at radius 1 is 0.931 bits per heavy atom. The number of nitrogens with one attached hydrogen (secondary N) is 1. The number of aryl methyl sites for hydroxylation is 1. The lowest BCUT2D eigenvalue weighted by Crippen LogP contribution is -2.35. The number of nitrogens with zero attached hydrogens (tertiary/aromatic N) is 1. The maximum atomic E-state index is 13.0. The highest BCUT2D eigenvalue weighted by Crippen LogP contribution is 2.30. The Balaban J connectivity index is 1.56. The van der Waals surface area contributed by atoms with Gasteiger partial charge in [-0.25, -0.2) is 4.39 Å². The summed E-state index contributed by atoms with van der Waals surface area (Å²) in [6, 6.07) is 17.8. The second-order valence-electron chi connectivity index (χ2n) is 6.87. The van der Waals surface area contributed by atoms with E-state index in [1.54, 1.807) is 35.2 Å². The number of fused-ring (bicyclic) bond motifs is 1. The third-order valence-electron chi connectivity index (χ3n) is 4.90. The maximum absolute atomic E-state index is 13.0. The molecule has 0 radical (unpaired) electrons. The van der Waals surface area contributed by atoms with Crippen LogP contribution < -0.4 is 10.2 Å². The molecule has 0 bridgehead atoms. The highest BCUT2D eigenvalue weighted by molar-refractivity contribution is 6.30. The summed E-state index contributed by atoms with van der Waals surface area (Å²) >= 11 is 5.91. The van der Waals surface area contributed by atoms with E-state index in [2.05, 4.69) is 5.32 Å². The molecule has 2 amide bonds. The first kappa shape index (κ1) is 19.2. The van der Waals surface area contributed by atoms with E-state index in [0.29, 0.717) is 28.4 Å². The van der Waals surface area contributed by atoms with E-state index < -0.39 is 0 Å². The molecule has 4 rings (SSSR count). The lowest BCUT2D eigenvalue weighted by molar-refractivity contribution is 0.0984. The molecule has 0 fully saturated rings. The molecule has 0 saturated carbocycles. The zero-order chi connectivity index (χ0) is 20.4. The molecule has 146 valence electrons. The molecule has 29 heavy (non-hydrogen) atoms. The van der Waals surface area contributed by atoms with E-state index >= 15 is 0 Å². The topological polar surface area (TPSA) is 49.4 Å². The molecule has 4 nitrogen and oxygen atoms in total. The predicted molar refractivity (Wildman–Crippen MR) is 112 cm³/mol. The number of carbonyl (C=O) groups is 2. The number of carbonyl (C=O) groups excluding carboxylic acids is 2. The van der Waals surface area contributed by atoms with E-state index in [4.69, 9.17) is 11.6 Å². The Labute approximate surface area is 172 Å². The monoisotopic (exact) mass is 408 g/mol. The summed E-state index contributed by atoms with van der Waals surface area (Å²) < 4.78 is 13.0. The molecule has 0 aliphatic carbocycles. The molecule has 3 aromatic rings. The normalized spacial score (nSPS) is 13.0. The summed E-state index contributed by atoms with van der Waals surface area (Å²) in [5, 5.41) is 3.34. The van der Waals surface area contributed by atoms with Crippen molar-refractivity contribution in [2.75, 3.05) is 16.8 Å². The van der Waals surface area contributed by atoms with Crippen LogP contribution >= 0.6 is 11.6 Å². The summed E-state index contributed by atoms with van der Waals surface area (Å²) in [7, 11) is 0. The lowest BCUT2D eigenvalue weighted by Gasteiger charge is -2.30. The lowest BCUT2D eigenvalue weighted by atomic mass is 9.98. The first-order chi connectivity index (χ1) is 14.0. The van der Waals surface area contributed by atoms with Gasteiger partial charge in [0.1, 0.15) is 5.82 Å². The zero-order valence-corrected chi connectivity index (χ0v) is 16.2. The highest BCUT2D eigenvalue weighted by atomic mass is 35.5. The molecule has 0 saturated heterocycles. The summed E-state index contributed by atoms with van der Waals surface area (Å²) in [5.74, 6) is -0.728. The van der Waals surface area contributed by atoms with Crippen LogP contribution in [-0.2, 0) is 6.42 Å². The van der Waals surface area contributed by atoms with Gasteiger partial charge in [-0.1, -0.05) is 11.6 Å². The molecule has 0 unspecified atom stereocenters. The number of halogens is 2. The van der Waals surface area contributed by atoms with Crippen LogP contribution in [0.25, 0.3) is 0 Å². The fraction of sp³-hybridized carbons (Fsp3) is 0.130. The molecule has 1 N–H and O–H groups in total. The van der Waals surface area contributed by atoms with Crippen molar-refractivity contribution in [2.45, 2.75) is 12.8 Å². The average molecular weight is 409 g/mol. The van der Waals surface area contributed by atoms with Crippen LogP contribution in [0.4, 0.5) is 15.8 Å². The third-order valence-corrected chi connectivity index (χ3v) is 5.15. The smallest absolute Gasteiger partial charge is 0.258 e. The minimum Gasteiger partial charge on any atom is -0.322 e. The molecule has 0 atom stereocenters. The number of benzene rings is 3. The van der Waals surface area contributed by atoms with Crippen LogP contribution in [0.15, 0.2) is 66.7 Å². The molecule has 1 heterocycles. The van der Waals surface area contributed by atoms with E-state index in [1.807, 2.05) is 12.1 Å². The van der Waals surface area contributed by atoms with Gasteiger partial charge in [0.05, 0.1) is 0 Å². The third kappa shape index (κ3) is 4.15. The van der Waals surface area contributed by atoms with E-state index in [1.165, 1.54) is 24.3 Å². The largest absolute Gasteiger partial charge is 0.322 e. The van der Waals surface area contributed by atoms with Crippen molar-refractivity contribution in [1.29, 1.82) is 0 Å². The second kappa shape index (κ2) is 8.05. The van der Waals surface area contributed by atoms with Crippen molar-refractivity contribution in [1.82, 2.24) is 0 Å². The van der Waals surface area contributed by atoms with Gasteiger partial charge in [0.25, 0.3) is 11.8 Å². The van der Waals surface area contributed by atoms with Crippen LogP contribution in [-0.4, -0.2) is 18.4 Å². The Kier molecular flexibility index (Phi) is 5.32. The van der Waals surface area contributed by atoms with Crippen LogP contribution in [0.1, 0.15) is 32.7 Å². The Morgan fingerprint density at radius 3 is 2.34 bits per heavy atom. The van der Waals surface area contributed by atoms with Crippen LogP contribution in [0.5, 0.6) is 0 Å². The Bertz CT molecular complexity index is 1070. The SMILES string of the molecule is O=C(Nc1ccc(F)cc1)c1ccc2c(c1)CCCN2C(=O)c1ccc(Cl)cc1. The number of amides is 2. The minimum absolute atomic E-state index is 0.0915. The molecular weight excluding hydrogens is 391 g/mol. The number of rotatable bonds is 3. The van der Waals surface area contributed by atoms with Gasteiger partial charge in [-0.05, 0) is 85.1 Å². The van der Waals surface area contributed by atoms with E-state index in [-0.39, 0.29) is 17.6 Å². The van der Waals surface area contributed by atoms with Gasteiger partial charge >= 0.3 is 0 Å². The van der Waals surface area contributed by atoms with Crippen molar-refractivity contribution >= 4 is 34.8 Å². The number of hydrogen-bond acceptors (Lipinski definition) is 2. The summed E-state index contributed by atoms with van der Waals surface area (Å²) in [6.45, 7) is 0.621. The molecular formula is C23H18ClFN2O2. The number of anilines is 2. The summed E-state index contributed by atoms with van der Waals surface area (Å²) in [4.78, 5) is 27.2. The molecule has 0 aromatic heterocycles. The first-order valence-electron chi connectivity index (χ1n) is 9.28. The highest BCUT2D eigenvalue weighted by Gasteiger charge is 2.24. The van der Waals surface area contributed by atoms with Crippen molar-refractivity contribution < 1.29 is 14.0 Å². The number of hydrogen-bond donors (Lipinski definition) is 1. The fourth-order valence-corrected chi connectivity index (χ4v) is 3.56. The van der Waals surface area contributed by atoms with Crippen molar-refractivity contribution in [3.05, 3.63) is 94.3 Å². The molecule has 0 spiro atoms. The van der Waals surface area contributed by atoms with Gasteiger partial charge in [-0.3, -0.25) is 9.59 Å². The summed E-state index contributed by atoms with van der Waals surface area (Å²) in [5.41, 5.74) is 3.35. The van der Waals surface area contributed by atoms with Gasteiger partial charge in [0, 0.05) is 34.1 Å². The molecule has 3 aromatic carbocycles. The van der Waals surface area contributed by atoms with Gasteiger partial charge in [0.2, 0.25) is 0 Å². The molecule has 1 aliphatic rings. The van der Waals surface area contributed by atoms with E-state index in [0.717, 1.165) is 24.1 Å². The standard InChI is InChI=1S/C23H18ClFN2O2/c24-18-6-3-15(4-7-18)23(29)27-13-1-2-16-14-17(5-12-21(16)27)22(28)26-20-10-8-19(25)9-11-20/h3-12,14H,1-2,13H2,(H,26,28). The maximum Gasteiger partial charge on any atom is 0.258 e. The average Bonchev–Trinajstić information content (AvgIpc) is 2.74. The predicted octanol–water partition coefficient (Wildman–Crippen LogP) is 5.32. The zero-order valence-electron chi connectivity index (χ0n) is 15.5. The van der Waals surface area contributed by atoms with E-state index in [9.17, 15) is 14.0 Å². The van der Waals surface area contributed by atoms with Crippen LogP contribution in [0.3, 0.4) is 0 Å². The fourth-order valence-electron chi connectivity index (χ4n) is 3.43. The quantitative estimate of drug-likeness (QED) is 0.637. The molecule has 1 aliphatic heterocycles. The Hall–Kier alpha value is -3.18. The summed E-state index contributed by atoms with van der Waals surface area (Å²) in [6.07, 6.45) is 1.60. The van der Waals surface area contributed by atoms with Crippen molar-refractivity contribution in [3.8, 4) is 0 Å². The van der Waals surface area contributed by atoms with Crippen LogP contribution in [0.2, 0.25) is 5.02 Å². The van der Waals surface area contributed by atoms with Gasteiger partial charge < -0.3 is 10.2 Å². The van der Waals surface area contributed by atoms with Crippen LogP contribution in [0, 0.1) is 5.82 Å².